The first-order chi connectivity index (χ1) is 20.9. The van der Waals surface area contributed by atoms with E-state index in [1.807, 2.05) is 0 Å². The number of likely N-dealkylation sites (tertiary alicyclic amines) is 2. The van der Waals surface area contributed by atoms with Gasteiger partial charge in [-0.15, -0.1) is 0 Å². The summed E-state index contributed by atoms with van der Waals surface area (Å²) in [6.07, 6.45) is 0.181. The molecule has 0 aliphatic carbocycles. The molecule has 6 rings (SSSR count). The molecule has 0 aromatic carbocycles. The van der Waals surface area contributed by atoms with E-state index in [9.17, 15) is 19.2 Å². The van der Waals surface area contributed by atoms with Gasteiger partial charge in [0, 0.05) is 38.3 Å². The number of hydrogen-bond acceptors (Lipinski definition) is 12. The zero-order valence-electron chi connectivity index (χ0n) is 26.3. The van der Waals surface area contributed by atoms with E-state index in [2.05, 4.69) is 21.3 Å². The lowest BCUT2D eigenvalue weighted by molar-refractivity contribution is -0.179. The maximum Gasteiger partial charge on any atom is 0.552 e. The average Bonchev–Trinajstić information content (AvgIpc) is 3.80. The molecule has 6 heterocycles. The zero-order valence-corrected chi connectivity index (χ0v) is 22.3. The van der Waals surface area contributed by atoms with Crippen LogP contribution >= 0.6 is 0 Å². The third-order valence-electron chi connectivity index (χ3n) is 8.40. The molecular weight excluding hydrogens is 522 g/mol. The quantitative estimate of drug-likeness (QED) is 0.219. The highest BCUT2D eigenvalue weighted by Gasteiger charge is 2.59. The number of nitrogens with one attached hydrogen (secondary N) is 4. The topological polar surface area (TPSA) is 160 Å². The van der Waals surface area contributed by atoms with Gasteiger partial charge in [-0.05, 0) is 51.6 Å². The Hall–Kier alpha value is -2.23. The van der Waals surface area contributed by atoms with Crippen LogP contribution in [0.4, 0.5) is 0 Å². The lowest BCUT2D eigenvalue weighted by Crippen LogP contribution is -2.66. The van der Waals surface area contributed by atoms with Gasteiger partial charge < -0.3 is 49.7 Å². The molecule has 6 aliphatic rings. The molecule has 0 aromatic heterocycles. The van der Waals surface area contributed by atoms with Crippen molar-refractivity contribution in [1.29, 1.82) is 0 Å². The molecule has 6 aliphatic heterocycles. The van der Waals surface area contributed by atoms with Crippen molar-refractivity contribution < 1.29 is 43.3 Å². The second kappa shape index (κ2) is 12.3. The van der Waals surface area contributed by atoms with E-state index in [1.54, 1.807) is 0 Å². The van der Waals surface area contributed by atoms with Crippen molar-refractivity contribution in [2.24, 2.45) is 0 Å². The van der Waals surface area contributed by atoms with E-state index >= 15 is 0 Å². The van der Waals surface area contributed by atoms with Gasteiger partial charge in [0.2, 0.25) is 11.8 Å². The number of nitrogens with zero attached hydrogens (tertiary/aromatic N) is 2. The Bertz CT molecular complexity index is 1060. The van der Waals surface area contributed by atoms with Crippen LogP contribution in [0.2, 0.25) is 0 Å². The minimum atomic E-state index is -2.36. The third-order valence-corrected chi connectivity index (χ3v) is 8.40. The van der Waals surface area contributed by atoms with Crippen LogP contribution in [0.5, 0.6) is 0 Å². The number of carbonyl (C=O) groups is 4. The van der Waals surface area contributed by atoms with E-state index in [0.29, 0.717) is 51.6 Å². The van der Waals surface area contributed by atoms with Crippen LogP contribution in [-0.4, -0.2) is 136 Å². The fraction of sp³-hybridized carbons (Fsp3) is 0.833. The second-order valence-corrected chi connectivity index (χ2v) is 11.1. The molecule has 0 aromatic rings. The molecule has 6 saturated heterocycles. The highest BCUT2D eigenvalue weighted by molar-refractivity contribution is 6.53. The third kappa shape index (κ3) is 5.88. The average molecular weight is 564 g/mol. The predicted octanol–water partition coefficient (Wildman–Crippen LogP) is -3.19. The first-order valence-corrected chi connectivity index (χ1v) is 14.3. The van der Waals surface area contributed by atoms with Gasteiger partial charge in [0.05, 0.1) is 30.4 Å². The maximum absolute atomic E-state index is 13.3. The molecule has 16 heteroatoms. The molecule has 0 spiro atoms. The van der Waals surface area contributed by atoms with Crippen LogP contribution in [0.1, 0.15) is 44.0 Å². The summed E-state index contributed by atoms with van der Waals surface area (Å²) in [5.41, 5.74) is 0. The minimum Gasteiger partial charge on any atom is -0.506 e. The standard InChI is InChI=1S/C24H38B2N6O8/c33-19(13-29-15-5-7-27-11-15)31-9-1-3-17(31)25-37-21-22(23(35)39-25)38-26(40-24(21)36)18-4-2-10-32(18)20(34)14-30-16-6-8-28-12-16/h15-18,21-22,27-30H,1-14H2/t15-,16-,17-,18+,21?,22?/m1/s1/i13D2,14D2. The fourth-order valence-electron chi connectivity index (χ4n) is 6.23. The first kappa shape index (κ1) is 23.3. The lowest BCUT2D eigenvalue weighted by Gasteiger charge is -2.41. The van der Waals surface area contributed by atoms with Crippen molar-refractivity contribution in [3.63, 3.8) is 0 Å². The summed E-state index contributed by atoms with van der Waals surface area (Å²) in [5, 5.41) is 11.8. The summed E-state index contributed by atoms with van der Waals surface area (Å²) in [6, 6.07) is -0.403. The second-order valence-electron chi connectivity index (χ2n) is 11.1. The van der Waals surface area contributed by atoms with Gasteiger partial charge in [-0.3, -0.25) is 19.2 Å². The SMILES string of the molecule is [2H]C([2H])(N[C@@H]1CCNC1)C(=O)N1CCC[C@@H]1B1OC(=O)C2OB([C@@H]3CCCN3C(=O)C([2H])([2H])N[C@@H]3CCNC3)OC(=O)C2O1. The smallest absolute Gasteiger partial charge is 0.506 e. The van der Waals surface area contributed by atoms with Gasteiger partial charge in [-0.25, -0.2) is 0 Å². The van der Waals surface area contributed by atoms with Crippen molar-refractivity contribution in [3.8, 4) is 0 Å². The summed E-state index contributed by atoms with van der Waals surface area (Å²) in [7, 11) is -2.67. The summed E-state index contributed by atoms with van der Waals surface area (Å²) < 4.78 is 56.2. The van der Waals surface area contributed by atoms with Gasteiger partial charge >= 0.3 is 26.2 Å². The van der Waals surface area contributed by atoms with Crippen molar-refractivity contribution in [2.45, 2.75) is 74.7 Å². The Labute approximate surface area is 239 Å². The van der Waals surface area contributed by atoms with E-state index in [0.717, 1.165) is 13.1 Å². The molecular formula is C24H38B2N6O8. The van der Waals surface area contributed by atoms with Crippen LogP contribution in [0.3, 0.4) is 0 Å². The summed E-state index contributed by atoms with van der Waals surface area (Å²) in [4.78, 5) is 55.5. The summed E-state index contributed by atoms with van der Waals surface area (Å²) in [5.74, 6) is -5.03. The van der Waals surface area contributed by atoms with Crippen LogP contribution in [0, 0.1) is 0 Å². The van der Waals surface area contributed by atoms with E-state index in [4.69, 9.17) is 24.1 Å². The lowest BCUT2D eigenvalue weighted by atomic mass is 9.72. The van der Waals surface area contributed by atoms with Crippen LogP contribution < -0.4 is 21.3 Å². The fourth-order valence-corrected chi connectivity index (χ4v) is 6.23. The molecule has 14 nitrogen and oxygen atoms in total. The van der Waals surface area contributed by atoms with Crippen molar-refractivity contribution in [1.82, 2.24) is 31.1 Å². The monoisotopic (exact) mass is 564 g/mol. The molecule has 40 heavy (non-hydrogen) atoms. The highest BCUT2D eigenvalue weighted by Crippen LogP contribution is 2.31. The predicted molar refractivity (Wildman–Crippen MR) is 141 cm³/mol. The van der Waals surface area contributed by atoms with Crippen molar-refractivity contribution in [2.75, 3.05) is 52.3 Å². The van der Waals surface area contributed by atoms with Crippen molar-refractivity contribution >= 4 is 38.0 Å². The zero-order chi connectivity index (χ0) is 31.2. The van der Waals surface area contributed by atoms with Crippen LogP contribution in [0.15, 0.2) is 0 Å². The molecule has 0 saturated carbocycles. The highest BCUT2D eigenvalue weighted by atomic mass is 16.7. The number of hydrogen-bond donors (Lipinski definition) is 4. The van der Waals surface area contributed by atoms with Gasteiger partial charge in [-0.1, -0.05) is 0 Å². The number of fused-ring (bicyclic) bond motifs is 1. The molecule has 2 amide bonds. The Balaban J connectivity index is 1.09. The Morgan fingerprint density at radius 3 is 1.65 bits per heavy atom. The first-order valence-electron chi connectivity index (χ1n) is 16.3. The van der Waals surface area contributed by atoms with Crippen LogP contribution in [0.25, 0.3) is 0 Å². The normalized spacial score (nSPS) is 36.5. The van der Waals surface area contributed by atoms with Gasteiger partial charge in [-0.2, -0.15) is 0 Å². The molecule has 218 valence electrons. The Kier molecular flexibility index (Phi) is 7.20. The molecule has 0 bridgehead atoms. The molecule has 2 unspecified atom stereocenters. The Morgan fingerprint density at radius 2 is 1.25 bits per heavy atom. The molecule has 0 radical (unpaired) electrons. The largest absolute Gasteiger partial charge is 0.552 e. The minimum absolute atomic E-state index is 0.202. The summed E-state index contributed by atoms with van der Waals surface area (Å²) >= 11 is 0. The van der Waals surface area contributed by atoms with Crippen molar-refractivity contribution in [3.05, 3.63) is 0 Å². The Morgan fingerprint density at radius 1 is 0.800 bits per heavy atom. The van der Waals surface area contributed by atoms with Gasteiger partial charge in [0.15, 0.2) is 12.2 Å². The molecule has 6 atom stereocenters. The number of carbonyl (C=O) groups excluding carboxylic acids is 4. The van der Waals surface area contributed by atoms with Crippen LogP contribution in [-0.2, 0) is 37.8 Å². The van der Waals surface area contributed by atoms with E-state index in [-0.39, 0.29) is 25.2 Å². The molecule has 6 fully saturated rings. The van der Waals surface area contributed by atoms with Gasteiger partial charge in [0.25, 0.3) is 0 Å². The van der Waals surface area contributed by atoms with E-state index in [1.165, 1.54) is 9.80 Å². The number of rotatable bonds is 8. The van der Waals surface area contributed by atoms with Gasteiger partial charge in [0.1, 0.15) is 0 Å². The molecule has 4 N–H and O–H groups in total. The number of amides is 2. The summed E-state index contributed by atoms with van der Waals surface area (Å²) in [6.45, 7) is -1.72. The van der Waals surface area contributed by atoms with E-state index < -0.39 is 75.1 Å². The maximum atomic E-state index is 13.3.